The Bertz CT molecular complexity index is 182. The summed E-state index contributed by atoms with van der Waals surface area (Å²) in [5, 5.41) is 0. The summed E-state index contributed by atoms with van der Waals surface area (Å²) in [7, 11) is 0. The maximum absolute atomic E-state index is 3.77. The lowest BCUT2D eigenvalue weighted by atomic mass is 9.98. The van der Waals surface area contributed by atoms with E-state index in [4.69, 9.17) is 0 Å². The van der Waals surface area contributed by atoms with Crippen molar-refractivity contribution in [1.29, 1.82) is 0 Å². The van der Waals surface area contributed by atoms with Gasteiger partial charge in [-0.05, 0) is 26.7 Å². The van der Waals surface area contributed by atoms with E-state index in [1.807, 2.05) is 13.0 Å². The summed E-state index contributed by atoms with van der Waals surface area (Å²) in [6.07, 6.45) is 6.17. The predicted molar refractivity (Wildman–Crippen MR) is 52.5 cm³/mol. The molecule has 62 valence electrons. The highest BCUT2D eigenvalue weighted by Crippen LogP contribution is 2.15. The zero-order valence-corrected chi connectivity index (χ0v) is 8.02. The molecule has 11 heavy (non-hydrogen) atoms. The first kappa shape index (κ1) is 10.2. The van der Waals surface area contributed by atoms with Crippen molar-refractivity contribution in [3.63, 3.8) is 0 Å². The van der Waals surface area contributed by atoms with Crippen LogP contribution in [0.15, 0.2) is 36.0 Å². The lowest BCUT2D eigenvalue weighted by Gasteiger charge is -2.08. The molecule has 1 atom stereocenters. The Hall–Kier alpha value is -0.780. The van der Waals surface area contributed by atoms with Gasteiger partial charge in [-0.3, -0.25) is 0 Å². The van der Waals surface area contributed by atoms with Gasteiger partial charge in [0.1, 0.15) is 0 Å². The smallest absolute Gasteiger partial charge is 0.00514 e. The van der Waals surface area contributed by atoms with E-state index in [0.29, 0.717) is 5.92 Å². The van der Waals surface area contributed by atoms with Crippen molar-refractivity contribution in [1.82, 2.24) is 0 Å². The molecular formula is C11H18. The Morgan fingerprint density at radius 1 is 1.36 bits per heavy atom. The largest absolute Gasteiger partial charge is 0.102 e. The van der Waals surface area contributed by atoms with Gasteiger partial charge in [-0.25, -0.2) is 0 Å². The van der Waals surface area contributed by atoms with Gasteiger partial charge in [0.15, 0.2) is 0 Å². The van der Waals surface area contributed by atoms with Crippen LogP contribution in [0.5, 0.6) is 0 Å². The highest BCUT2D eigenvalue weighted by molar-refractivity contribution is 5.25. The fourth-order valence-corrected chi connectivity index (χ4v) is 0.917. The molecule has 0 bridgehead atoms. The van der Waals surface area contributed by atoms with Crippen LogP contribution in [0.4, 0.5) is 0 Å². The number of allylic oxidation sites excluding steroid dienone is 5. The van der Waals surface area contributed by atoms with Crippen LogP contribution in [0.1, 0.15) is 27.7 Å². The van der Waals surface area contributed by atoms with Crippen LogP contribution < -0.4 is 0 Å². The van der Waals surface area contributed by atoms with E-state index in [9.17, 15) is 0 Å². The summed E-state index contributed by atoms with van der Waals surface area (Å²) in [4.78, 5) is 0. The van der Waals surface area contributed by atoms with E-state index >= 15 is 0 Å². The van der Waals surface area contributed by atoms with Crippen LogP contribution in [0.3, 0.4) is 0 Å². The summed E-state index contributed by atoms with van der Waals surface area (Å²) in [5.74, 6) is 0.492. The van der Waals surface area contributed by atoms with Crippen LogP contribution in [0.25, 0.3) is 0 Å². The fraction of sp³-hybridized carbons (Fsp3) is 0.455. The Kier molecular flexibility index (Phi) is 4.60. The monoisotopic (exact) mass is 150 g/mol. The van der Waals surface area contributed by atoms with Crippen molar-refractivity contribution in [2.75, 3.05) is 0 Å². The second-order valence-electron chi connectivity index (χ2n) is 2.89. The molecule has 0 radical (unpaired) electrons. The molecule has 0 heteroatoms. The fourth-order valence-electron chi connectivity index (χ4n) is 0.917. The molecular weight excluding hydrogens is 132 g/mol. The van der Waals surface area contributed by atoms with Crippen molar-refractivity contribution >= 4 is 0 Å². The van der Waals surface area contributed by atoms with Gasteiger partial charge in [-0.15, -0.1) is 6.58 Å². The van der Waals surface area contributed by atoms with Crippen LogP contribution >= 0.6 is 0 Å². The molecule has 0 heterocycles. The van der Waals surface area contributed by atoms with Gasteiger partial charge in [0, 0.05) is 0 Å². The average molecular weight is 150 g/mol. The maximum Gasteiger partial charge on any atom is -0.00514 e. The predicted octanol–water partition coefficient (Wildman–Crippen LogP) is 3.72. The molecule has 0 aliphatic heterocycles. The van der Waals surface area contributed by atoms with E-state index < -0.39 is 0 Å². The van der Waals surface area contributed by atoms with Crippen LogP contribution in [-0.2, 0) is 0 Å². The lowest BCUT2D eigenvalue weighted by molar-refractivity contribution is 0.853. The van der Waals surface area contributed by atoms with Crippen molar-refractivity contribution in [3.8, 4) is 0 Å². The van der Waals surface area contributed by atoms with Gasteiger partial charge < -0.3 is 0 Å². The highest BCUT2D eigenvalue weighted by atomic mass is 14.0. The van der Waals surface area contributed by atoms with Gasteiger partial charge in [-0.1, -0.05) is 36.3 Å². The quantitative estimate of drug-likeness (QED) is 0.425. The third kappa shape index (κ3) is 3.22. The highest BCUT2D eigenvalue weighted by Gasteiger charge is 1.99. The van der Waals surface area contributed by atoms with Crippen molar-refractivity contribution in [3.05, 3.63) is 36.0 Å². The Morgan fingerprint density at radius 3 is 2.27 bits per heavy atom. The number of rotatable bonds is 3. The second kappa shape index (κ2) is 4.95. The first-order valence-electron chi connectivity index (χ1n) is 4.06. The Labute approximate surface area is 70.3 Å². The summed E-state index contributed by atoms with van der Waals surface area (Å²) in [5.41, 5.74) is 2.75. The van der Waals surface area contributed by atoms with E-state index in [1.54, 1.807) is 0 Å². The zero-order valence-electron chi connectivity index (χ0n) is 8.02. The van der Waals surface area contributed by atoms with Crippen molar-refractivity contribution < 1.29 is 0 Å². The zero-order chi connectivity index (χ0) is 8.85. The maximum atomic E-state index is 3.77. The van der Waals surface area contributed by atoms with E-state index in [1.165, 1.54) is 11.1 Å². The van der Waals surface area contributed by atoms with Crippen molar-refractivity contribution in [2.45, 2.75) is 27.7 Å². The summed E-state index contributed by atoms with van der Waals surface area (Å²) >= 11 is 0. The minimum absolute atomic E-state index is 0.492. The molecule has 0 N–H and O–H groups in total. The van der Waals surface area contributed by atoms with E-state index in [0.717, 1.165) is 0 Å². The number of hydrogen-bond donors (Lipinski definition) is 0. The van der Waals surface area contributed by atoms with Gasteiger partial charge in [0.25, 0.3) is 0 Å². The number of hydrogen-bond acceptors (Lipinski definition) is 0. The molecule has 0 amide bonds. The minimum atomic E-state index is 0.492. The SMILES string of the molecule is C=CC(C)C(C)=C(C)C=CC. The molecule has 0 aliphatic carbocycles. The van der Waals surface area contributed by atoms with Crippen molar-refractivity contribution in [2.24, 2.45) is 5.92 Å². The first-order valence-corrected chi connectivity index (χ1v) is 4.06. The minimum Gasteiger partial charge on any atom is -0.102 e. The molecule has 0 aromatic rings. The van der Waals surface area contributed by atoms with Gasteiger partial charge >= 0.3 is 0 Å². The third-order valence-corrected chi connectivity index (χ3v) is 2.08. The Morgan fingerprint density at radius 2 is 1.91 bits per heavy atom. The molecule has 0 saturated carbocycles. The molecule has 0 aliphatic rings. The summed E-state index contributed by atoms with van der Waals surface area (Å²) in [6.45, 7) is 12.3. The standard InChI is InChI=1S/C11H18/c1-6-8-10(4)11(5)9(3)7-2/h6-9H,2H2,1,3-5H3. The molecule has 0 aromatic heterocycles. The summed E-state index contributed by atoms with van der Waals surface area (Å²) in [6, 6.07) is 0. The average Bonchev–Trinajstić information content (AvgIpc) is 2.02. The molecule has 0 spiro atoms. The molecule has 1 unspecified atom stereocenters. The summed E-state index contributed by atoms with van der Waals surface area (Å²) < 4.78 is 0. The Balaban J connectivity index is 4.50. The second-order valence-corrected chi connectivity index (χ2v) is 2.89. The first-order chi connectivity index (χ1) is 5.13. The molecule has 0 nitrogen and oxygen atoms in total. The topological polar surface area (TPSA) is 0 Å². The normalized spacial score (nSPS) is 16.4. The molecule has 0 aromatic carbocycles. The molecule has 0 saturated heterocycles. The van der Waals surface area contributed by atoms with Crippen LogP contribution in [-0.4, -0.2) is 0 Å². The van der Waals surface area contributed by atoms with E-state index in [-0.39, 0.29) is 0 Å². The third-order valence-electron chi connectivity index (χ3n) is 2.08. The van der Waals surface area contributed by atoms with Gasteiger partial charge in [0.2, 0.25) is 0 Å². The lowest BCUT2D eigenvalue weighted by Crippen LogP contribution is -1.92. The van der Waals surface area contributed by atoms with Gasteiger partial charge in [-0.2, -0.15) is 0 Å². The van der Waals surface area contributed by atoms with Crippen LogP contribution in [0, 0.1) is 5.92 Å². The van der Waals surface area contributed by atoms with Crippen LogP contribution in [0.2, 0.25) is 0 Å². The molecule has 0 fully saturated rings. The van der Waals surface area contributed by atoms with Gasteiger partial charge in [0.05, 0.1) is 0 Å². The van der Waals surface area contributed by atoms with E-state index in [2.05, 4.69) is 39.5 Å². The molecule has 0 rings (SSSR count).